The quantitative estimate of drug-likeness (QED) is 0.508. The molecule has 1 rings (SSSR count). The van der Waals surface area contributed by atoms with Gasteiger partial charge < -0.3 is 4.74 Å². The van der Waals surface area contributed by atoms with E-state index in [0.717, 1.165) is 4.90 Å². The average Bonchev–Trinajstić information content (AvgIpc) is 2.47. The summed E-state index contributed by atoms with van der Waals surface area (Å²) in [6.07, 6.45) is 0.0963. The number of esters is 1. The highest BCUT2D eigenvalue weighted by molar-refractivity contribution is 6.05. The zero-order valence-electron chi connectivity index (χ0n) is 9.65. The van der Waals surface area contributed by atoms with Crippen molar-refractivity contribution in [3.05, 3.63) is 0 Å². The molecule has 1 aliphatic heterocycles. The van der Waals surface area contributed by atoms with Gasteiger partial charge in [-0.2, -0.15) is 0 Å². The molecule has 90 valence electrons. The Kier molecular flexibility index (Phi) is 4.00. The SMILES string of the molecule is CCOC(=O)C(C)NC1CC(=O)N(C)C1=O. The van der Waals surface area contributed by atoms with E-state index in [2.05, 4.69) is 5.32 Å². The molecule has 1 saturated heterocycles. The van der Waals surface area contributed by atoms with E-state index < -0.39 is 18.1 Å². The highest BCUT2D eigenvalue weighted by Gasteiger charge is 2.37. The van der Waals surface area contributed by atoms with Crippen LogP contribution in [-0.2, 0) is 19.1 Å². The number of amides is 2. The molecule has 1 N–H and O–H groups in total. The van der Waals surface area contributed by atoms with Gasteiger partial charge in [0.05, 0.1) is 19.1 Å². The highest BCUT2D eigenvalue weighted by Crippen LogP contribution is 2.11. The number of nitrogens with one attached hydrogen (secondary N) is 1. The van der Waals surface area contributed by atoms with Crippen molar-refractivity contribution in [2.24, 2.45) is 0 Å². The molecule has 2 atom stereocenters. The van der Waals surface area contributed by atoms with Gasteiger partial charge in [0.25, 0.3) is 0 Å². The molecule has 6 nitrogen and oxygen atoms in total. The Morgan fingerprint density at radius 1 is 1.62 bits per heavy atom. The summed E-state index contributed by atoms with van der Waals surface area (Å²) in [5.41, 5.74) is 0. The number of hydrogen-bond acceptors (Lipinski definition) is 5. The van der Waals surface area contributed by atoms with Crippen LogP contribution in [0.1, 0.15) is 20.3 Å². The molecule has 0 bridgehead atoms. The number of likely N-dealkylation sites (N-methyl/N-ethyl adjacent to an activating group) is 1. The molecule has 2 unspecified atom stereocenters. The molecule has 0 aromatic heterocycles. The number of rotatable bonds is 4. The molecule has 1 heterocycles. The van der Waals surface area contributed by atoms with Crippen molar-refractivity contribution in [2.45, 2.75) is 32.4 Å². The second-order valence-corrected chi connectivity index (χ2v) is 3.69. The third kappa shape index (κ3) is 2.57. The smallest absolute Gasteiger partial charge is 0.322 e. The maximum absolute atomic E-state index is 11.5. The van der Waals surface area contributed by atoms with E-state index in [1.54, 1.807) is 13.8 Å². The third-order valence-corrected chi connectivity index (χ3v) is 2.47. The summed E-state index contributed by atoms with van der Waals surface area (Å²) >= 11 is 0. The molecule has 2 amide bonds. The van der Waals surface area contributed by atoms with Crippen LogP contribution in [0.2, 0.25) is 0 Å². The lowest BCUT2D eigenvalue weighted by Crippen LogP contribution is -2.45. The van der Waals surface area contributed by atoms with Gasteiger partial charge in [0.1, 0.15) is 6.04 Å². The summed E-state index contributed by atoms with van der Waals surface area (Å²) in [6.45, 7) is 3.61. The minimum atomic E-state index is -0.614. The largest absolute Gasteiger partial charge is 0.465 e. The van der Waals surface area contributed by atoms with Gasteiger partial charge in [-0.3, -0.25) is 24.6 Å². The van der Waals surface area contributed by atoms with Crippen LogP contribution in [0.25, 0.3) is 0 Å². The Bertz CT molecular complexity index is 316. The first-order valence-electron chi connectivity index (χ1n) is 5.20. The van der Waals surface area contributed by atoms with Gasteiger partial charge in [-0.1, -0.05) is 0 Å². The number of carbonyl (C=O) groups is 3. The first-order valence-corrected chi connectivity index (χ1v) is 5.20. The van der Waals surface area contributed by atoms with Crippen molar-refractivity contribution in [1.82, 2.24) is 10.2 Å². The van der Waals surface area contributed by atoms with E-state index in [1.165, 1.54) is 7.05 Å². The lowest BCUT2D eigenvalue weighted by molar-refractivity contribution is -0.145. The number of hydrogen-bond donors (Lipinski definition) is 1. The van der Waals surface area contributed by atoms with Crippen molar-refractivity contribution in [1.29, 1.82) is 0 Å². The Morgan fingerprint density at radius 2 is 2.25 bits per heavy atom. The van der Waals surface area contributed by atoms with Crippen LogP contribution in [0.4, 0.5) is 0 Å². The number of imide groups is 1. The van der Waals surface area contributed by atoms with Gasteiger partial charge in [0, 0.05) is 7.05 Å². The number of likely N-dealkylation sites (tertiary alicyclic amines) is 1. The van der Waals surface area contributed by atoms with Crippen molar-refractivity contribution in [3.8, 4) is 0 Å². The fraction of sp³-hybridized carbons (Fsp3) is 0.700. The molecule has 0 radical (unpaired) electrons. The maximum Gasteiger partial charge on any atom is 0.322 e. The molecule has 1 fully saturated rings. The fourth-order valence-electron chi connectivity index (χ4n) is 1.52. The fourth-order valence-corrected chi connectivity index (χ4v) is 1.52. The topological polar surface area (TPSA) is 75.7 Å². The summed E-state index contributed by atoms with van der Waals surface area (Å²) in [5.74, 6) is -0.961. The minimum absolute atomic E-state index is 0.0963. The zero-order valence-corrected chi connectivity index (χ0v) is 9.65. The number of carbonyl (C=O) groups excluding carboxylic acids is 3. The Hall–Kier alpha value is -1.43. The summed E-state index contributed by atoms with van der Waals surface area (Å²) in [4.78, 5) is 35.1. The molecular formula is C10H16N2O4. The second-order valence-electron chi connectivity index (χ2n) is 3.69. The molecule has 1 aliphatic rings. The Labute approximate surface area is 93.9 Å². The highest BCUT2D eigenvalue weighted by atomic mass is 16.5. The van der Waals surface area contributed by atoms with Crippen LogP contribution in [-0.4, -0.2) is 48.4 Å². The van der Waals surface area contributed by atoms with Gasteiger partial charge in [-0.15, -0.1) is 0 Å². The second kappa shape index (κ2) is 5.07. The summed E-state index contributed by atoms with van der Waals surface area (Å²) < 4.78 is 4.79. The van der Waals surface area contributed by atoms with Gasteiger partial charge in [0.2, 0.25) is 11.8 Å². The predicted octanol–water partition coefficient (Wildman–Crippen LogP) is -0.715. The van der Waals surface area contributed by atoms with Crippen LogP contribution in [0.5, 0.6) is 0 Å². The monoisotopic (exact) mass is 228 g/mol. The molecule has 0 saturated carbocycles. The van der Waals surface area contributed by atoms with Crippen molar-refractivity contribution < 1.29 is 19.1 Å². The van der Waals surface area contributed by atoms with Crippen molar-refractivity contribution in [2.75, 3.05) is 13.7 Å². The van der Waals surface area contributed by atoms with Crippen LogP contribution in [0.15, 0.2) is 0 Å². The minimum Gasteiger partial charge on any atom is -0.465 e. The van der Waals surface area contributed by atoms with E-state index in [0.29, 0.717) is 6.61 Å². The first-order chi connectivity index (χ1) is 7.47. The Morgan fingerprint density at radius 3 is 2.69 bits per heavy atom. The number of ether oxygens (including phenoxy) is 1. The maximum atomic E-state index is 11.5. The normalized spacial score (nSPS) is 22.4. The molecule has 0 aromatic rings. The van der Waals surface area contributed by atoms with Gasteiger partial charge in [-0.25, -0.2) is 0 Å². The van der Waals surface area contributed by atoms with E-state index >= 15 is 0 Å². The van der Waals surface area contributed by atoms with Crippen LogP contribution < -0.4 is 5.32 Å². The molecule has 0 aliphatic carbocycles. The van der Waals surface area contributed by atoms with Crippen LogP contribution in [0, 0.1) is 0 Å². The van der Waals surface area contributed by atoms with Gasteiger partial charge in [0.15, 0.2) is 0 Å². The predicted molar refractivity (Wildman–Crippen MR) is 55.4 cm³/mol. The third-order valence-electron chi connectivity index (χ3n) is 2.47. The average molecular weight is 228 g/mol. The lowest BCUT2D eigenvalue weighted by Gasteiger charge is -2.16. The molecule has 0 aromatic carbocycles. The van der Waals surface area contributed by atoms with Crippen LogP contribution in [0.3, 0.4) is 0 Å². The standard InChI is InChI=1S/C10H16N2O4/c1-4-16-10(15)6(2)11-7-5-8(13)12(3)9(7)14/h6-7,11H,4-5H2,1-3H3. The van der Waals surface area contributed by atoms with Gasteiger partial charge in [-0.05, 0) is 13.8 Å². The summed E-state index contributed by atoms with van der Waals surface area (Å²) in [5, 5.41) is 2.79. The molecule has 16 heavy (non-hydrogen) atoms. The Balaban J connectivity index is 2.52. The van der Waals surface area contributed by atoms with Crippen LogP contribution >= 0.6 is 0 Å². The lowest BCUT2D eigenvalue weighted by atomic mass is 10.2. The van der Waals surface area contributed by atoms with E-state index in [4.69, 9.17) is 4.74 Å². The molecular weight excluding hydrogens is 212 g/mol. The molecule has 6 heteroatoms. The summed E-state index contributed by atoms with van der Waals surface area (Å²) in [7, 11) is 1.43. The van der Waals surface area contributed by atoms with Gasteiger partial charge >= 0.3 is 5.97 Å². The van der Waals surface area contributed by atoms with E-state index in [9.17, 15) is 14.4 Å². The number of nitrogens with zero attached hydrogens (tertiary/aromatic N) is 1. The molecule has 0 spiro atoms. The van der Waals surface area contributed by atoms with E-state index in [-0.39, 0.29) is 18.2 Å². The van der Waals surface area contributed by atoms with Crippen molar-refractivity contribution >= 4 is 17.8 Å². The summed E-state index contributed by atoms with van der Waals surface area (Å²) in [6, 6.07) is -1.20. The first kappa shape index (κ1) is 12.6. The zero-order chi connectivity index (χ0) is 12.3. The van der Waals surface area contributed by atoms with E-state index in [1.807, 2.05) is 0 Å². The van der Waals surface area contributed by atoms with Crippen molar-refractivity contribution in [3.63, 3.8) is 0 Å².